The van der Waals surface area contributed by atoms with Gasteiger partial charge < -0.3 is 5.32 Å². The predicted molar refractivity (Wildman–Crippen MR) is 82.7 cm³/mol. The molecule has 1 aliphatic carbocycles. The van der Waals surface area contributed by atoms with Crippen LogP contribution in [0, 0.1) is 0 Å². The van der Waals surface area contributed by atoms with Crippen LogP contribution in [0.4, 0.5) is 0 Å². The van der Waals surface area contributed by atoms with Gasteiger partial charge in [0.1, 0.15) is 0 Å². The van der Waals surface area contributed by atoms with Crippen molar-refractivity contribution < 1.29 is 4.79 Å². The monoisotopic (exact) mass is 282 g/mol. The van der Waals surface area contributed by atoms with Crippen LogP contribution in [0.5, 0.6) is 0 Å². The zero-order valence-corrected chi connectivity index (χ0v) is 11.9. The first-order valence-corrected chi connectivity index (χ1v) is 7.30. The fourth-order valence-corrected chi connectivity index (χ4v) is 2.68. The summed E-state index contributed by atoms with van der Waals surface area (Å²) in [7, 11) is 0. The number of nitrogens with one attached hydrogen (secondary N) is 1. The molecule has 3 rings (SSSR count). The predicted octanol–water partition coefficient (Wildman–Crippen LogP) is 3.82. The third-order valence-electron chi connectivity index (χ3n) is 3.15. The topological polar surface area (TPSA) is 42.0 Å². The van der Waals surface area contributed by atoms with Crippen LogP contribution in [0.3, 0.4) is 0 Å². The van der Waals surface area contributed by atoms with Crippen molar-refractivity contribution in [3.05, 3.63) is 64.8 Å². The Balaban J connectivity index is 1.79. The van der Waals surface area contributed by atoms with Crippen LogP contribution in [0.2, 0.25) is 0 Å². The molecule has 1 heterocycles. The van der Waals surface area contributed by atoms with E-state index in [4.69, 9.17) is 0 Å². The Bertz CT molecular complexity index is 753. The summed E-state index contributed by atoms with van der Waals surface area (Å²) in [5, 5.41) is 2.93. The lowest BCUT2D eigenvalue weighted by molar-refractivity contribution is 0.0967. The van der Waals surface area contributed by atoms with Gasteiger partial charge >= 0.3 is 0 Å². The minimum absolute atomic E-state index is 0.102. The average Bonchev–Trinajstić information content (AvgIpc) is 2.82. The molecule has 0 spiro atoms. The van der Waals surface area contributed by atoms with E-state index in [1.165, 1.54) is 5.57 Å². The fourth-order valence-electron chi connectivity index (χ4n) is 2.02. The van der Waals surface area contributed by atoms with Gasteiger partial charge in [0.25, 0.3) is 5.91 Å². The number of carbonyl (C=O) groups is 1. The zero-order valence-electron chi connectivity index (χ0n) is 11.1. The number of benzene rings is 1. The Labute approximate surface area is 121 Å². The molecule has 1 amide bonds. The summed E-state index contributed by atoms with van der Waals surface area (Å²) in [5.74, 6) is -0.102. The first kappa shape index (κ1) is 12.8. The highest BCUT2D eigenvalue weighted by Gasteiger charge is 2.08. The Morgan fingerprint density at radius 2 is 2.20 bits per heavy atom. The molecule has 0 unspecified atom stereocenters. The number of amides is 1. The molecule has 0 saturated heterocycles. The molecule has 0 atom stereocenters. The SMILES string of the molecule is CC1=CCC=C(NC(=O)c2ccc3scnc3c2)C=C1. The van der Waals surface area contributed by atoms with Crippen molar-refractivity contribution in [3.8, 4) is 0 Å². The highest BCUT2D eigenvalue weighted by Crippen LogP contribution is 2.19. The second kappa shape index (κ2) is 5.43. The highest BCUT2D eigenvalue weighted by atomic mass is 32.1. The number of allylic oxidation sites excluding steroid dienone is 5. The average molecular weight is 282 g/mol. The number of fused-ring (bicyclic) bond motifs is 1. The summed E-state index contributed by atoms with van der Waals surface area (Å²) in [6.07, 6.45) is 8.89. The molecule has 4 heteroatoms. The Morgan fingerprint density at radius 3 is 3.10 bits per heavy atom. The summed E-state index contributed by atoms with van der Waals surface area (Å²) in [6, 6.07) is 5.59. The van der Waals surface area contributed by atoms with Crippen molar-refractivity contribution in [1.29, 1.82) is 0 Å². The van der Waals surface area contributed by atoms with Crippen molar-refractivity contribution in [3.63, 3.8) is 0 Å². The molecule has 0 saturated carbocycles. The summed E-state index contributed by atoms with van der Waals surface area (Å²) in [5.41, 5.74) is 5.32. The quantitative estimate of drug-likeness (QED) is 0.910. The fraction of sp³-hybridized carbons (Fsp3) is 0.125. The summed E-state index contributed by atoms with van der Waals surface area (Å²) in [4.78, 5) is 16.5. The lowest BCUT2D eigenvalue weighted by atomic mass is 10.2. The first-order chi connectivity index (χ1) is 9.72. The van der Waals surface area contributed by atoms with Crippen LogP contribution >= 0.6 is 11.3 Å². The normalized spacial score (nSPS) is 14.7. The Kier molecular flexibility index (Phi) is 3.48. The third kappa shape index (κ3) is 2.70. The molecule has 0 fully saturated rings. The van der Waals surface area contributed by atoms with Crippen LogP contribution in [-0.4, -0.2) is 10.9 Å². The molecule has 1 N–H and O–H groups in total. The number of carbonyl (C=O) groups excluding carboxylic acids is 1. The minimum atomic E-state index is -0.102. The largest absolute Gasteiger partial charge is 0.322 e. The molecule has 0 bridgehead atoms. The molecule has 0 radical (unpaired) electrons. The van der Waals surface area contributed by atoms with Crippen LogP contribution in [-0.2, 0) is 0 Å². The van der Waals surface area contributed by atoms with Crippen LogP contribution in [0.25, 0.3) is 10.2 Å². The van der Waals surface area contributed by atoms with Crippen molar-refractivity contribution in [2.45, 2.75) is 13.3 Å². The van der Waals surface area contributed by atoms with Gasteiger partial charge in [-0.1, -0.05) is 23.8 Å². The van der Waals surface area contributed by atoms with Crippen molar-refractivity contribution >= 4 is 27.5 Å². The van der Waals surface area contributed by atoms with E-state index in [2.05, 4.69) is 16.4 Å². The Hall–Kier alpha value is -2.20. The van der Waals surface area contributed by atoms with Gasteiger partial charge in [0.15, 0.2) is 0 Å². The summed E-state index contributed by atoms with van der Waals surface area (Å²) < 4.78 is 1.09. The van der Waals surface area contributed by atoms with E-state index in [0.29, 0.717) is 5.56 Å². The van der Waals surface area contributed by atoms with E-state index in [0.717, 1.165) is 22.3 Å². The molecule has 20 heavy (non-hydrogen) atoms. The van der Waals surface area contributed by atoms with Gasteiger partial charge in [-0.15, -0.1) is 11.3 Å². The standard InChI is InChI=1S/C16H14N2OS/c1-11-3-2-4-13(7-5-11)18-16(19)12-6-8-15-14(9-12)17-10-20-15/h3-10H,2H2,1H3,(H,18,19). The van der Waals surface area contributed by atoms with Gasteiger partial charge in [0.05, 0.1) is 15.7 Å². The first-order valence-electron chi connectivity index (χ1n) is 6.42. The molecule has 1 aliphatic rings. The number of hydrogen-bond acceptors (Lipinski definition) is 3. The van der Waals surface area contributed by atoms with E-state index in [-0.39, 0.29) is 5.91 Å². The second-order valence-corrected chi connectivity index (χ2v) is 5.55. The molecule has 0 aliphatic heterocycles. The van der Waals surface area contributed by atoms with Crippen molar-refractivity contribution in [1.82, 2.24) is 10.3 Å². The van der Waals surface area contributed by atoms with E-state index in [9.17, 15) is 4.79 Å². The smallest absolute Gasteiger partial charge is 0.255 e. The van der Waals surface area contributed by atoms with Crippen molar-refractivity contribution in [2.75, 3.05) is 0 Å². The van der Waals surface area contributed by atoms with E-state index >= 15 is 0 Å². The van der Waals surface area contributed by atoms with Gasteiger partial charge in [0.2, 0.25) is 0 Å². The maximum absolute atomic E-state index is 12.2. The highest BCUT2D eigenvalue weighted by molar-refractivity contribution is 7.16. The lowest BCUT2D eigenvalue weighted by Crippen LogP contribution is -2.21. The number of nitrogens with zero attached hydrogens (tertiary/aromatic N) is 1. The molecular weight excluding hydrogens is 268 g/mol. The Morgan fingerprint density at radius 1 is 1.30 bits per heavy atom. The number of thiazole rings is 1. The third-order valence-corrected chi connectivity index (χ3v) is 3.96. The van der Waals surface area contributed by atoms with Gasteiger partial charge in [-0.3, -0.25) is 4.79 Å². The molecule has 1 aromatic heterocycles. The van der Waals surface area contributed by atoms with Crippen LogP contribution < -0.4 is 5.32 Å². The van der Waals surface area contributed by atoms with Gasteiger partial charge in [-0.25, -0.2) is 4.98 Å². The summed E-state index contributed by atoms with van der Waals surface area (Å²) >= 11 is 1.57. The van der Waals surface area contributed by atoms with Gasteiger partial charge in [-0.2, -0.15) is 0 Å². The second-order valence-electron chi connectivity index (χ2n) is 4.67. The number of rotatable bonds is 2. The zero-order chi connectivity index (χ0) is 13.9. The van der Waals surface area contributed by atoms with E-state index in [1.807, 2.05) is 43.4 Å². The molecule has 100 valence electrons. The maximum Gasteiger partial charge on any atom is 0.255 e. The van der Waals surface area contributed by atoms with Crippen LogP contribution in [0.15, 0.2) is 59.3 Å². The molecular formula is C16H14N2OS. The molecule has 1 aromatic carbocycles. The number of hydrogen-bond donors (Lipinski definition) is 1. The van der Waals surface area contributed by atoms with Crippen molar-refractivity contribution in [2.24, 2.45) is 0 Å². The minimum Gasteiger partial charge on any atom is -0.322 e. The van der Waals surface area contributed by atoms with Gasteiger partial charge in [0, 0.05) is 11.3 Å². The maximum atomic E-state index is 12.2. The van der Waals surface area contributed by atoms with E-state index in [1.54, 1.807) is 16.8 Å². The molecule has 2 aromatic rings. The molecule has 3 nitrogen and oxygen atoms in total. The lowest BCUT2D eigenvalue weighted by Gasteiger charge is -2.05. The van der Waals surface area contributed by atoms with E-state index < -0.39 is 0 Å². The summed E-state index contributed by atoms with van der Waals surface area (Å²) in [6.45, 7) is 2.05. The number of aromatic nitrogens is 1. The van der Waals surface area contributed by atoms with Gasteiger partial charge in [-0.05, 0) is 37.6 Å². The van der Waals surface area contributed by atoms with Crippen LogP contribution in [0.1, 0.15) is 23.7 Å².